The number of rotatable bonds is 9. The van der Waals surface area contributed by atoms with Crippen LogP contribution in [0.1, 0.15) is 0 Å². The van der Waals surface area contributed by atoms with E-state index in [9.17, 15) is 9.59 Å². The number of ether oxygens (including phenoxy) is 2. The van der Waals surface area contributed by atoms with Crippen molar-refractivity contribution in [3.05, 3.63) is 46.4 Å². The zero-order chi connectivity index (χ0) is 20.5. The molecule has 0 unspecified atom stereocenters. The lowest BCUT2D eigenvalue weighted by Crippen LogP contribution is -2.15. The second-order valence-electron chi connectivity index (χ2n) is 5.32. The highest BCUT2D eigenvalue weighted by molar-refractivity contribution is 8.77. The maximum Gasteiger partial charge on any atom is 0.235 e. The van der Waals surface area contributed by atoms with E-state index in [0.717, 1.165) is 0 Å². The molecule has 2 aromatic carbocycles. The normalized spacial score (nSPS) is 10.3. The van der Waals surface area contributed by atoms with E-state index < -0.39 is 0 Å². The van der Waals surface area contributed by atoms with Crippen molar-refractivity contribution < 1.29 is 19.1 Å². The van der Waals surface area contributed by atoms with Gasteiger partial charge in [-0.2, -0.15) is 0 Å². The number of amides is 2. The van der Waals surface area contributed by atoms with Crippen molar-refractivity contribution in [1.29, 1.82) is 0 Å². The van der Waals surface area contributed by atoms with Crippen LogP contribution in [0.5, 0.6) is 11.5 Å². The highest BCUT2D eigenvalue weighted by atomic mass is 35.5. The summed E-state index contributed by atoms with van der Waals surface area (Å²) in [5, 5.41) is 6.31. The van der Waals surface area contributed by atoms with Crippen LogP contribution in [0.15, 0.2) is 36.4 Å². The van der Waals surface area contributed by atoms with Crippen LogP contribution >= 0.6 is 44.8 Å². The van der Waals surface area contributed by atoms with Crippen LogP contribution in [-0.2, 0) is 9.59 Å². The summed E-state index contributed by atoms with van der Waals surface area (Å²) in [6.45, 7) is 0. The quantitative estimate of drug-likeness (QED) is 0.406. The third kappa shape index (κ3) is 7.01. The van der Waals surface area contributed by atoms with Gasteiger partial charge in [0.2, 0.25) is 11.8 Å². The molecule has 0 aliphatic rings. The van der Waals surface area contributed by atoms with Gasteiger partial charge >= 0.3 is 0 Å². The average Bonchev–Trinajstić information content (AvgIpc) is 2.65. The van der Waals surface area contributed by atoms with Gasteiger partial charge in [0.05, 0.1) is 35.8 Å². The van der Waals surface area contributed by atoms with Gasteiger partial charge in [0.25, 0.3) is 0 Å². The van der Waals surface area contributed by atoms with E-state index >= 15 is 0 Å². The van der Waals surface area contributed by atoms with Crippen molar-refractivity contribution >= 4 is 68.0 Å². The molecule has 0 spiro atoms. The first-order valence-corrected chi connectivity index (χ1v) is 11.2. The van der Waals surface area contributed by atoms with Gasteiger partial charge in [-0.15, -0.1) is 0 Å². The van der Waals surface area contributed by atoms with Crippen molar-refractivity contribution in [2.45, 2.75) is 0 Å². The van der Waals surface area contributed by atoms with Crippen LogP contribution in [0, 0.1) is 0 Å². The Bertz CT molecular complexity index is 783. The molecule has 0 aliphatic heterocycles. The molecular weight excluding hydrogens is 443 g/mol. The molecule has 28 heavy (non-hydrogen) atoms. The van der Waals surface area contributed by atoms with E-state index in [4.69, 9.17) is 32.7 Å². The second kappa shape index (κ2) is 11.3. The van der Waals surface area contributed by atoms with Crippen LogP contribution in [0.3, 0.4) is 0 Å². The lowest BCUT2D eigenvalue weighted by atomic mass is 10.3. The largest absolute Gasteiger partial charge is 0.495 e. The minimum atomic E-state index is -0.193. The number of carbonyl (C=O) groups excluding carboxylic acids is 2. The summed E-state index contributed by atoms with van der Waals surface area (Å²) >= 11 is 12.0. The molecule has 0 fully saturated rings. The Morgan fingerprint density at radius 1 is 0.821 bits per heavy atom. The topological polar surface area (TPSA) is 76.7 Å². The molecule has 0 saturated carbocycles. The van der Waals surface area contributed by atoms with Gasteiger partial charge in [-0.25, -0.2) is 0 Å². The summed E-state index contributed by atoms with van der Waals surface area (Å²) in [5.41, 5.74) is 1.16. The number of benzene rings is 2. The third-order valence-electron chi connectivity index (χ3n) is 3.33. The van der Waals surface area contributed by atoms with Crippen LogP contribution in [0.25, 0.3) is 0 Å². The molecule has 0 bridgehead atoms. The van der Waals surface area contributed by atoms with E-state index in [1.54, 1.807) is 36.4 Å². The molecule has 0 atom stereocenters. The monoisotopic (exact) mass is 460 g/mol. The number of anilines is 2. The number of hydrogen-bond donors (Lipinski definition) is 2. The van der Waals surface area contributed by atoms with Crippen molar-refractivity contribution in [2.24, 2.45) is 0 Å². The fourth-order valence-corrected chi connectivity index (χ4v) is 4.26. The van der Waals surface area contributed by atoms with Crippen molar-refractivity contribution in [3.63, 3.8) is 0 Å². The minimum Gasteiger partial charge on any atom is -0.495 e. The van der Waals surface area contributed by atoms with Crippen LogP contribution in [0.2, 0.25) is 10.0 Å². The minimum absolute atomic E-state index is 0.190. The molecule has 10 heteroatoms. The SMILES string of the molecule is COc1ccc(NC(=O)CSSCC(=O)Nc2ccc(OC)c(Cl)c2)cc1Cl. The van der Waals surface area contributed by atoms with Crippen LogP contribution in [0.4, 0.5) is 11.4 Å². The summed E-state index contributed by atoms with van der Waals surface area (Å²) < 4.78 is 10.1. The Labute approximate surface area is 181 Å². The van der Waals surface area contributed by atoms with Gasteiger partial charge in [-0.3, -0.25) is 9.59 Å². The van der Waals surface area contributed by atoms with Gasteiger partial charge in [0.1, 0.15) is 11.5 Å². The Kier molecular flexibility index (Phi) is 9.11. The Balaban J connectivity index is 1.70. The second-order valence-corrected chi connectivity index (χ2v) is 8.60. The fraction of sp³-hybridized carbons (Fsp3) is 0.222. The van der Waals surface area contributed by atoms with E-state index in [0.29, 0.717) is 32.9 Å². The number of halogens is 2. The first-order valence-electron chi connectivity index (χ1n) is 7.94. The summed E-state index contributed by atoms with van der Waals surface area (Å²) in [4.78, 5) is 23.9. The van der Waals surface area contributed by atoms with Gasteiger partial charge in [-0.1, -0.05) is 44.8 Å². The molecule has 0 radical (unpaired) electrons. The Hall–Kier alpha value is -1.74. The number of methoxy groups -OCH3 is 2. The van der Waals surface area contributed by atoms with Gasteiger partial charge in [0, 0.05) is 11.4 Å². The molecule has 2 rings (SSSR count). The molecule has 0 aliphatic carbocycles. The Morgan fingerprint density at radius 3 is 1.54 bits per heavy atom. The Morgan fingerprint density at radius 2 is 1.21 bits per heavy atom. The predicted octanol–water partition coefficient (Wildman–Crippen LogP) is 4.97. The fourth-order valence-electron chi connectivity index (χ4n) is 2.07. The summed E-state index contributed by atoms with van der Waals surface area (Å²) in [7, 11) is 5.60. The molecule has 150 valence electrons. The number of carbonyl (C=O) groups is 2. The number of hydrogen-bond acceptors (Lipinski definition) is 6. The highest BCUT2D eigenvalue weighted by Crippen LogP contribution is 2.29. The summed E-state index contributed by atoms with van der Waals surface area (Å²) in [6.07, 6.45) is 0. The lowest BCUT2D eigenvalue weighted by molar-refractivity contribution is -0.114. The van der Waals surface area contributed by atoms with Crippen molar-refractivity contribution in [2.75, 3.05) is 36.4 Å². The maximum atomic E-state index is 12.0. The molecule has 0 aromatic heterocycles. The van der Waals surface area contributed by atoms with Gasteiger partial charge in [-0.05, 0) is 36.4 Å². The van der Waals surface area contributed by atoms with E-state index in [2.05, 4.69) is 10.6 Å². The molecule has 2 N–H and O–H groups in total. The van der Waals surface area contributed by atoms with Gasteiger partial charge < -0.3 is 20.1 Å². The first-order chi connectivity index (χ1) is 13.4. The number of nitrogens with one attached hydrogen (secondary N) is 2. The zero-order valence-electron chi connectivity index (χ0n) is 15.1. The standard InChI is InChI=1S/C18H18Cl2N2O4S2/c1-25-15-5-3-11(7-13(15)19)21-17(23)9-27-28-10-18(24)22-12-4-6-16(26-2)14(20)8-12/h3-8H,9-10H2,1-2H3,(H,21,23)(H,22,24). The molecule has 0 saturated heterocycles. The van der Waals surface area contributed by atoms with E-state index in [1.807, 2.05) is 0 Å². The van der Waals surface area contributed by atoms with Gasteiger partial charge in [0.15, 0.2) is 0 Å². The van der Waals surface area contributed by atoms with Crippen molar-refractivity contribution in [3.8, 4) is 11.5 Å². The molecule has 0 heterocycles. The molecule has 2 amide bonds. The highest BCUT2D eigenvalue weighted by Gasteiger charge is 2.09. The average molecular weight is 461 g/mol. The van der Waals surface area contributed by atoms with E-state index in [-0.39, 0.29) is 23.3 Å². The molecule has 6 nitrogen and oxygen atoms in total. The van der Waals surface area contributed by atoms with Crippen LogP contribution < -0.4 is 20.1 Å². The molecule has 2 aromatic rings. The maximum absolute atomic E-state index is 12.0. The lowest BCUT2D eigenvalue weighted by Gasteiger charge is -2.09. The smallest absolute Gasteiger partial charge is 0.235 e. The van der Waals surface area contributed by atoms with E-state index in [1.165, 1.54) is 35.8 Å². The third-order valence-corrected chi connectivity index (χ3v) is 6.06. The van der Waals surface area contributed by atoms with Crippen LogP contribution in [-0.4, -0.2) is 37.5 Å². The predicted molar refractivity (Wildman–Crippen MR) is 118 cm³/mol. The summed E-state index contributed by atoms with van der Waals surface area (Å²) in [5.74, 6) is 1.07. The summed E-state index contributed by atoms with van der Waals surface area (Å²) in [6, 6.07) is 9.99. The molecular formula is C18H18Cl2N2O4S2. The zero-order valence-corrected chi connectivity index (χ0v) is 18.2. The van der Waals surface area contributed by atoms with Crippen molar-refractivity contribution in [1.82, 2.24) is 0 Å². The first kappa shape index (κ1) is 22.5.